The number of hydrogen-bond acceptors (Lipinski definition) is 6. The molecule has 2 aromatic carbocycles. The predicted octanol–water partition coefficient (Wildman–Crippen LogP) is 2.43. The van der Waals surface area contributed by atoms with Gasteiger partial charge in [0.25, 0.3) is 5.91 Å². The highest BCUT2D eigenvalue weighted by Gasteiger charge is 2.44. The molecule has 5 amide bonds. The van der Waals surface area contributed by atoms with Crippen molar-refractivity contribution in [2.24, 2.45) is 11.7 Å². The fourth-order valence-corrected chi connectivity index (χ4v) is 3.84. The van der Waals surface area contributed by atoms with E-state index in [4.69, 9.17) is 5.73 Å². The number of amides is 5. The van der Waals surface area contributed by atoms with E-state index in [-0.39, 0.29) is 0 Å². The van der Waals surface area contributed by atoms with Crippen LogP contribution in [0.25, 0.3) is 11.1 Å². The SMILES string of the molecule is CC(C)C(NC(=O)CNC(=O)c1ccc(-c2ccccc2)cc1)C(=O)NCC(=O)NC(CCC(N)=O)C(O)C(F)(F)F.CCC. The normalized spacial score (nSPS) is 12.9. The minimum absolute atomic E-state index is 0.316. The van der Waals surface area contributed by atoms with Gasteiger partial charge >= 0.3 is 6.18 Å². The number of aliphatic hydroxyl groups is 1. The third-order valence-corrected chi connectivity index (χ3v) is 6.12. The first kappa shape index (κ1) is 38.6. The molecule has 0 bridgehead atoms. The van der Waals surface area contributed by atoms with Crippen LogP contribution in [-0.4, -0.2) is 72.1 Å². The Morgan fingerprint density at radius 3 is 1.84 bits per heavy atom. The number of hydrogen-bond donors (Lipinski definition) is 6. The molecule has 45 heavy (non-hydrogen) atoms. The van der Waals surface area contributed by atoms with Gasteiger partial charge in [-0.1, -0.05) is 76.6 Å². The zero-order valence-corrected chi connectivity index (χ0v) is 25.7. The van der Waals surface area contributed by atoms with E-state index in [1.54, 1.807) is 38.1 Å². The van der Waals surface area contributed by atoms with Crippen LogP contribution in [-0.2, 0) is 19.2 Å². The lowest BCUT2D eigenvalue weighted by molar-refractivity contribution is -0.212. The molecular weight excluding hydrogens is 595 g/mol. The zero-order valence-electron chi connectivity index (χ0n) is 25.7. The monoisotopic (exact) mass is 637 g/mol. The molecule has 3 unspecified atom stereocenters. The number of aliphatic hydroxyl groups excluding tert-OH is 1. The number of rotatable bonds is 14. The van der Waals surface area contributed by atoms with Gasteiger partial charge in [0.15, 0.2) is 6.10 Å². The van der Waals surface area contributed by atoms with Crippen molar-refractivity contribution in [2.45, 2.75) is 71.3 Å². The van der Waals surface area contributed by atoms with Crippen molar-refractivity contribution >= 4 is 29.5 Å². The Hall–Kier alpha value is -4.46. The molecule has 248 valence electrons. The van der Waals surface area contributed by atoms with Crippen molar-refractivity contribution in [1.82, 2.24) is 21.3 Å². The molecule has 0 saturated heterocycles. The molecule has 0 fully saturated rings. The third-order valence-electron chi connectivity index (χ3n) is 6.12. The van der Waals surface area contributed by atoms with E-state index in [0.717, 1.165) is 11.1 Å². The number of benzene rings is 2. The summed E-state index contributed by atoms with van der Waals surface area (Å²) in [6.45, 7) is 6.24. The first-order chi connectivity index (χ1) is 21.1. The number of primary amides is 1. The molecule has 0 aromatic heterocycles. The van der Waals surface area contributed by atoms with E-state index in [2.05, 4.69) is 29.8 Å². The molecule has 0 spiro atoms. The summed E-state index contributed by atoms with van der Waals surface area (Å²) in [7, 11) is 0. The van der Waals surface area contributed by atoms with Gasteiger partial charge < -0.3 is 32.1 Å². The van der Waals surface area contributed by atoms with Gasteiger partial charge in [-0.2, -0.15) is 13.2 Å². The maximum Gasteiger partial charge on any atom is 0.416 e. The van der Waals surface area contributed by atoms with Crippen molar-refractivity contribution < 1.29 is 42.3 Å². The lowest BCUT2D eigenvalue weighted by Crippen LogP contribution is -2.55. The van der Waals surface area contributed by atoms with Crippen LogP contribution < -0.4 is 27.0 Å². The molecule has 2 aromatic rings. The molecular formula is C31H42F3N5O6. The van der Waals surface area contributed by atoms with Crippen LogP contribution in [0, 0.1) is 5.92 Å². The highest BCUT2D eigenvalue weighted by Crippen LogP contribution is 2.24. The molecule has 0 aliphatic heterocycles. The fraction of sp³-hybridized carbons (Fsp3) is 0.452. The highest BCUT2D eigenvalue weighted by molar-refractivity contribution is 5.97. The minimum Gasteiger partial charge on any atom is -0.382 e. The van der Waals surface area contributed by atoms with E-state index in [0.29, 0.717) is 5.56 Å². The molecule has 14 heteroatoms. The summed E-state index contributed by atoms with van der Waals surface area (Å²) in [4.78, 5) is 60.7. The molecule has 0 aliphatic carbocycles. The van der Waals surface area contributed by atoms with Crippen LogP contribution in [0.2, 0.25) is 0 Å². The zero-order chi connectivity index (χ0) is 34.2. The molecule has 11 nitrogen and oxygen atoms in total. The number of alkyl halides is 3. The van der Waals surface area contributed by atoms with E-state index in [9.17, 15) is 42.3 Å². The Bertz CT molecular complexity index is 1260. The first-order valence-corrected chi connectivity index (χ1v) is 14.4. The van der Waals surface area contributed by atoms with Gasteiger partial charge in [0.1, 0.15) is 6.04 Å². The van der Waals surface area contributed by atoms with Crippen LogP contribution in [0.4, 0.5) is 13.2 Å². The van der Waals surface area contributed by atoms with Crippen LogP contribution in [0.1, 0.15) is 57.3 Å². The number of halogens is 3. The topological polar surface area (TPSA) is 180 Å². The summed E-state index contributed by atoms with van der Waals surface area (Å²) in [5.41, 5.74) is 7.14. The molecule has 3 atom stereocenters. The van der Waals surface area contributed by atoms with Gasteiger partial charge in [-0.05, 0) is 35.6 Å². The van der Waals surface area contributed by atoms with Gasteiger partial charge in [0.05, 0.1) is 19.1 Å². The Kier molecular flexibility index (Phi) is 16.3. The lowest BCUT2D eigenvalue weighted by atomic mass is 10.0. The third kappa shape index (κ3) is 14.2. The highest BCUT2D eigenvalue weighted by atomic mass is 19.4. The second kappa shape index (κ2) is 19.0. The molecule has 7 N–H and O–H groups in total. The van der Waals surface area contributed by atoms with Crippen LogP contribution in [0.5, 0.6) is 0 Å². The maximum atomic E-state index is 12.9. The molecule has 0 saturated carbocycles. The first-order valence-electron chi connectivity index (χ1n) is 14.4. The smallest absolute Gasteiger partial charge is 0.382 e. The number of carbonyl (C=O) groups is 5. The van der Waals surface area contributed by atoms with E-state index in [1.807, 2.05) is 35.6 Å². The quantitative estimate of drug-likeness (QED) is 0.185. The summed E-state index contributed by atoms with van der Waals surface area (Å²) in [6.07, 6.45) is -7.89. The van der Waals surface area contributed by atoms with Crippen LogP contribution >= 0.6 is 0 Å². The second-order valence-corrected chi connectivity index (χ2v) is 10.5. The van der Waals surface area contributed by atoms with Gasteiger partial charge in [0, 0.05) is 12.0 Å². The van der Waals surface area contributed by atoms with Gasteiger partial charge in [-0.15, -0.1) is 0 Å². The Balaban J connectivity index is 0.00000324. The minimum atomic E-state index is -5.08. The van der Waals surface area contributed by atoms with Crippen LogP contribution in [0.15, 0.2) is 54.6 Å². The van der Waals surface area contributed by atoms with E-state index in [1.165, 1.54) is 6.42 Å². The van der Waals surface area contributed by atoms with Crippen molar-refractivity contribution in [2.75, 3.05) is 13.1 Å². The number of nitrogens with one attached hydrogen (secondary N) is 4. The van der Waals surface area contributed by atoms with Crippen molar-refractivity contribution in [3.8, 4) is 11.1 Å². The Morgan fingerprint density at radius 1 is 0.822 bits per heavy atom. The van der Waals surface area contributed by atoms with E-state index < -0.39 is 85.7 Å². The summed E-state index contributed by atoms with van der Waals surface area (Å²) < 4.78 is 38.8. The van der Waals surface area contributed by atoms with Crippen molar-refractivity contribution in [3.63, 3.8) is 0 Å². The van der Waals surface area contributed by atoms with E-state index >= 15 is 0 Å². The van der Waals surface area contributed by atoms with Crippen molar-refractivity contribution in [1.29, 1.82) is 0 Å². The van der Waals surface area contributed by atoms with Gasteiger partial charge in [-0.3, -0.25) is 24.0 Å². The summed E-state index contributed by atoms with van der Waals surface area (Å²) in [5.74, 6) is -4.47. The molecule has 0 aliphatic rings. The average molecular weight is 638 g/mol. The second-order valence-electron chi connectivity index (χ2n) is 10.5. The maximum absolute atomic E-state index is 12.9. The molecule has 0 radical (unpaired) electrons. The largest absolute Gasteiger partial charge is 0.416 e. The summed E-state index contributed by atoms with van der Waals surface area (Å²) >= 11 is 0. The predicted molar refractivity (Wildman–Crippen MR) is 162 cm³/mol. The summed E-state index contributed by atoms with van der Waals surface area (Å²) in [6, 6.07) is 13.3. The Morgan fingerprint density at radius 2 is 1.33 bits per heavy atom. The Labute approximate surface area is 260 Å². The number of carbonyl (C=O) groups excluding carboxylic acids is 5. The van der Waals surface area contributed by atoms with Gasteiger partial charge in [-0.25, -0.2) is 0 Å². The standard InChI is InChI=1S/C28H34F3N5O6.C3H8/c1-16(2)24(27(42)34-14-22(38)35-20(12-13-21(32)37)25(40)28(29,30)31)36-23(39)15-33-26(41)19-10-8-18(9-11-19)17-6-4-3-5-7-17;1-3-2/h3-11,16,20,24-25,40H,12-15H2,1-2H3,(H2,32,37)(H,33,41)(H,34,42)(H,35,38)(H,36,39);3H2,1-2H3. The molecule has 0 heterocycles. The number of nitrogens with two attached hydrogens (primary N) is 1. The molecule has 2 rings (SSSR count). The average Bonchev–Trinajstić information content (AvgIpc) is 2.99. The lowest BCUT2D eigenvalue weighted by Gasteiger charge is -2.26. The van der Waals surface area contributed by atoms with Gasteiger partial charge in [0.2, 0.25) is 23.6 Å². The van der Waals surface area contributed by atoms with Crippen molar-refractivity contribution in [3.05, 3.63) is 60.2 Å². The summed E-state index contributed by atoms with van der Waals surface area (Å²) in [5, 5.41) is 18.6. The van der Waals surface area contributed by atoms with Crippen LogP contribution in [0.3, 0.4) is 0 Å². The fourth-order valence-electron chi connectivity index (χ4n) is 3.84.